The average Bonchev–Trinajstić information content (AvgIpc) is 2.61. The Balaban J connectivity index is 2.10. The Labute approximate surface area is 154 Å². The van der Waals surface area contributed by atoms with Gasteiger partial charge in [0.2, 0.25) is 0 Å². The van der Waals surface area contributed by atoms with Gasteiger partial charge in [-0.1, -0.05) is 42.8 Å². The van der Waals surface area contributed by atoms with Crippen molar-refractivity contribution in [1.82, 2.24) is 5.32 Å². The first-order valence-corrected chi connectivity index (χ1v) is 8.68. The third-order valence-corrected chi connectivity index (χ3v) is 4.32. The second-order valence-electron chi connectivity index (χ2n) is 5.99. The number of esters is 1. The number of ether oxygens (including phenoxy) is 1. The van der Waals surface area contributed by atoms with Crippen LogP contribution in [0.3, 0.4) is 0 Å². The zero-order chi connectivity index (χ0) is 18.4. The predicted octanol–water partition coefficient (Wildman–Crippen LogP) is 4.53. The van der Waals surface area contributed by atoms with E-state index in [1.807, 2.05) is 13.0 Å². The van der Waals surface area contributed by atoms with Crippen molar-refractivity contribution in [2.75, 3.05) is 12.4 Å². The maximum Gasteiger partial charge on any atom is 0.337 e. The van der Waals surface area contributed by atoms with E-state index >= 15 is 0 Å². The molecule has 0 radical (unpaired) electrons. The Morgan fingerprint density at radius 3 is 2.44 bits per heavy atom. The molecule has 1 atom stereocenters. The molecule has 4 nitrogen and oxygen atoms in total. The highest BCUT2D eigenvalue weighted by Crippen LogP contribution is 2.20. The fraction of sp³-hybridized carbons (Fsp3) is 0.300. The quantitative estimate of drug-likeness (QED) is 0.609. The maximum atomic E-state index is 11.7. The van der Waals surface area contributed by atoms with Crippen LogP contribution in [0.15, 0.2) is 42.5 Å². The molecule has 0 aliphatic rings. The smallest absolute Gasteiger partial charge is 0.337 e. The fourth-order valence-corrected chi connectivity index (χ4v) is 2.79. The molecule has 0 fully saturated rings. The van der Waals surface area contributed by atoms with E-state index in [9.17, 15) is 4.79 Å². The summed E-state index contributed by atoms with van der Waals surface area (Å²) in [6.45, 7) is 6.15. The van der Waals surface area contributed by atoms with Crippen molar-refractivity contribution >= 4 is 29.0 Å². The van der Waals surface area contributed by atoms with Gasteiger partial charge in [-0.2, -0.15) is 0 Å². The topological polar surface area (TPSA) is 50.4 Å². The van der Waals surface area contributed by atoms with Crippen molar-refractivity contribution in [1.29, 1.82) is 0 Å². The standard InChI is InChI=1S/C20H24N2O2S/c1-5-17(15-9-6-13(2)7-10-15)21-20(25)22-18-12-16(19(23)24-4)11-8-14(18)3/h6-12,17H,5H2,1-4H3,(H2,21,22,25)/t17-/m1/s1. The number of hydrogen-bond donors (Lipinski definition) is 2. The zero-order valence-corrected chi connectivity index (χ0v) is 15.9. The van der Waals surface area contributed by atoms with Gasteiger partial charge in [0, 0.05) is 5.69 Å². The lowest BCUT2D eigenvalue weighted by atomic mass is 10.0. The molecular weight excluding hydrogens is 332 g/mol. The summed E-state index contributed by atoms with van der Waals surface area (Å²) < 4.78 is 4.77. The summed E-state index contributed by atoms with van der Waals surface area (Å²) in [5, 5.41) is 7.06. The number of aryl methyl sites for hydroxylation is 2. The summed E-state index contributed by atoms with van der Waals surface area (Å²) >= 11 is 5.46. The van der Waals surface area contributed by atoms with Crippen molar-refractivity contribution in [3.8, 4) is 0 Å². The number of thiocarbonyl (C=S) groups is 1. The molecule has 132 valence electrons. The van der Waals surface area contributed by atoms with Crippen LogP contribution in [0.25, 0.3) is 0 Å². The monoisotopic (exact) mass is 356 g/mol. The van der Waals surface area contributed by atoms with Gasteiger partial charge >= 0.3 is 5.97 Å². The summed E-state index contributed by atoms with van der Waals surface area (Å²) in [5.74, 6) is -0.368. The molecule has 25 heavy (non-hydrogen) atoms. The van der Waals surface area contributed by atoms with Crippen molar-refractivity contribution in [2.24, 2.45) is 0 Å². The summed E-state index contributed by atoms with van der Waals surface area (Å²) in [6, 6.07) is 13.9. The average molecular weight is 356 g/mol. The van der Waals surface area contributed by atoms with Crippen LogP contribution in [-0.4, -0.2) is 18.2 Å². The van der Waals surface area contributed by atoms with Crippen molar-refractivity contribution in [2.45, 2.75) is 33.2 Å². The largest absolute Gasteiger partial charge is 0.465 e. The summed E-state index contributed by atoms with van der Waals surface area (Å²) in [7, 11) is 1.37. The van der Waals surface area contributed by atoms with E-state index < -0.39 is 0 Å². The molecule has 2 aromatic rings. The summed E-state index contributed by atoms with van der Waals surface area (Å²) in [4.78, 5) is 11.7. The van der Waals surface area contributed by atoms with Crippen LogP contribution in [0.1, 0.15) is 46.4 Å². The molecule has 0 aromatic heterocycles. The number of anilines is 1. The zero-order valence-electron chi connectivity index (χ0n) is 15.1. The Morgan fingerprint density at radius 2 is 1.84 bits per heavy atom. The van der Waals surface area contributed by atoms with Crippen LogP contribution >= 0.6 is 12.2 Å². The minimum atomic E-state index is -0.368. The van der Waals surface area contributed by atoms with Gasteiger partial charge in [0.1, 0.15) is 0 Å². The highest BCUT2D eigenvalue weighted by Gasteiger charge is 2.12. The van der Waals surface area contributed by atoms with Crippen molar-refractivity contribution in [3.63, 3.8) is 0 Å². The molecular formula is C20H24N2O2S. The third-order valence-electron chi connectivity index (χ3n) is 4.10. The number of carbonyl (C=O) groups excluding carboxylic acids is 1. The molecule has 2 rings (SSSR count). The van der Waals surface area contributed by atoms with Crippen LogP contribution in [0.5, 0.6) is 0 Å². The van der Waals surface area contributed by atoms with E-state index in [-0.39, 0.29) is 12.0 Å². The Kier molecular flexibility index (Phi) is 6.53. The molecule has 0 saturated heterocycles. The van der Waals surface area contributed by atoms with Gasteiger partial charge in [-0.25, -0.2) is 4.79 Å². The van der Waals surface area contributed by atoms with E-state index in [1.165, 1.54) is 18.2 Å². The van der Waals surface area contributed by atoms with Gasteiger partial charge in [-0.3, -0.25) is 0 Å². The molecule has 5 heteroatoms. The van der Waals surface area contributed by atoms with E-state index in [4.69, 9.17) is 17.0 Å². The Morgan fingerprint density at radius 1 is 1.16 bits per heavy atom. The van der Waals surface area contributed by atoms with Gasteiger partial charge in [0.25, 0.3) is 0 Å². The molecule has 2 N–H and O–H groups in total. The SMILES string of the molecule is CC[C@@H](NC(=S)Nc1cc(C(=O)OC)ccc1C)c1ccc(C)cc1. The molecule has 2 aromatic carbocycles. The van der Waals surface area contributed by atoms with E-state index in [2.05, 4.69) is 48.7 Å². The lowest BCUT2D eigenvalue weighted by Crippen LogP contribution is -2.32. The predicted molar refractivity (Wildman–Crippen MR) is 106 cm³/mol. The molecule has 0 aliphatic heterocycles. The van der Waals surface area contributed by atoms with Gasteiger partial charge in [-0.15, -0.1) is 0 Å². The Bertz CT molecular complexity index is 757. The number of benzene rings is 2. The maximum absolute atomic E-state index is 11.7. The highest BCUT2D eigenvalue weighted by molar-refractivity contribution is 7.80. The second-order valence-corrected chi connectivity index (χ2v) is 6.40. The lowest BCUT2D eigenvalue weighted by Gasteiger charge is -2.21. The van der Waals surface area contributed by atoms with Gasteiger partial charge < -0.3 is 15.4 Å². The van der Waals surface area contributed by atoms with E-state index in [1.54, 1.807) is 12.1 Å². The van der Waals surface area contributed by atoms with Crippen LogP contribution in [0.4, 0.5) is 5.69 Å². The normalized spacial score (nSPS) is 11.5. The third kappa shape index (κ3) is 5.03. The highest BCUT2D eigenvalue weighted by atomic mass is 32.1. The van der Waals surface area contributed by atoms with Crippen LogP contribution < -0.4 is 10.6 Å². The second kappa shape index (κ2) is 8.62. The number of methoxy groups -OCH3 is 1. The molecule has 0 spiro atoms. The molecule has 0 aliphatic carbocycles. The minimum absolute atomic E-state index is 0.129. The summed E-state index contributed by atoms with van der Waals surface area (Å²) in [6.07, 6.45) is 0.909. The Hall–Kier alpha value is -2.40. The van der Waals surface area contributed by atoms with E-state index in [0.29, 0.717) is 10.7 Å². The van der Waals surface area contributed by atoms with Crippen molar-refractivity contribution in [3.05, 3.63) is 64.7 Å². The number of nitrogens with one attached hydrogen (secondary N) is 2. The first-order valence-electron chi connectivity index (χ1n) is 8.27. The fourth-order valence-electron chi connectivity index (χ4n) is 2.54. The van der Waals surface area contributed by atoms with Crippen LogP contribution in [0.2, 0.25) is 0 Å². The van der Waals surface area contributed by atoms with Crippen LogP contribution in [-0.2, 0) is 4.74 Å². The number of hydrogen-bond acceptors (Lipinski definition) is 3. The van der Waals surface area contributed by atoms with E-state index in [0.717, 1.165) is 17.7 Å². The molecule has 0 amide bonds. The molecule has 0 heterocycles. The van der Waals surface area contributed by atoms with Gasteiger partial charge in [0.05, 0.1) is 18.7 Å². The lowest BCUT2D eigenvalue weighted by molar-refractivity contribution is 0.0601. The van der Waals surface area contributed by atoms with Crippen molar-refractivity contribution < 1.29 is 9.53 Å². The first kappa shape index (κ1) is 18.9. The van der Waals surface area contributed by atoms with Crippen LogP contribution in [0, 0.1) is 13.8 Å². The first-order chi connectivity index (χ1) is 11.9. The van der Waals surface area contributed by atoms with Gasteiger partial charge in [0.15, 0.2) is 5.11 Å². The molecule has 0 unspecified atom stereocenters. The minimum Gasteiger partial charge on any atom is -0.465 e. The van der Waals surface area contributed by atoms with Gasteiger partial charge in [-0.05, 0) is 55.7 Å². The number of rotatable bonds is 5. The molecule has 0 bridgehead atoms. The molecule has 0 saturated carbocycles. The number of carbonyl (C=O) groups is 1. The summed E-state index contributed by atoms with van der Waals surface area (Å²) in [5.41, 5.74) is 4.70.